The summed E-state index contributed by atoms with van der Waals surface area (Å²) in [4.78, 5) is 16.7. The van der Waals surface area contributed by atoms with Crippen molar-refractivity contribution in [3.8, 4) is 0 Å². The maximum absolute atomic E-state index is 11.6. The van der Waals surface area contributed by atoms with E-state index in [2.05, 4.69) is 4.98 Å². The molecule has 16 heavy (non-hydrogen) atoms. The minimum absolute atomic E-state index is 0.369. The van der Waals surface area contributed by atoms with Crippen molar-refractivity contribution in [2.45, 2.75) is 13.3 Å². The molecule has 0 unspecified atom stereocenters. The molecule has 1 aliphatic rings. The molecular formula is C11H13NO3S. The molecule has 0 aliphatic carbocycles. The lowest BCUT2D eigenvalue weighted by molar-refractivity contribution is 0.0594. The molecule has 0 bridgehead atoms. The first-order valence-corrected chi connectivity index (χ1v) is 5.87. The van der Waals surface area contributed by atoms with Crippen molar-refractivity contribution < 1.29 is 14.3 Å². The van der Waals surface area contributed by atoms with Gasteiger partial charge >= 0.3 is 5.97 Å². The molecule has 1 aromatic rings. The molecule has 0 amide bonds. The second kappa shape index (κ2) is 4.76. The molecule has 0 N–H and O–H groups in total. The number of aryl methyl sites for hydroxylation is 1. The molecule has 4 nitrogen and oxygen atoms in total. The number of thiazole rings is 1. The van der Waals surface area contributed by atoms with Crippen molar-refractivity contribution >= 4 is 22.9 Å². The molecule has 0 fully saturated rings. The molecular weight excluding hydrogens is 226 g/mol. The lowest BCUT2D eigenvalue weighted by Gasteiger charge is -2.12. The highest BCUT2D eigenvalue weighted by Crippen LogP contribution is 2.30. The van der Waals surface area contributed by atoms with Crippen LogP contribution < -0.4 is 0 Å². The van der Waals surface area contributed by atoms with Gasteiger partial charge < -0.3 is 9.47 Å². The summed E-state index contributed by atoms with van der Waals surface area (Å²) >= 11 is 1.53. The Morgan fingerprint density at radius 1 is 1.62 bits per heavy atom. The summed E-state index contributed by atoms with van der Waals surface area (Å²) in [6.45, 7) is 3.19. The Balaban J connectivity index is 2.39. The van der Waals surface area contributed by atoms with E-state index in [4.69, 9.17) is 9.47 Å². The van der Waals surface area contributed by atoms with E-state index in [1.54, 1.807) is 0 Å². The standard InChI is InChI=1S/C11H13NO3S/c1-7-12-9(11(13)14-2)10(16-7)8-3-5-15-6-4-8/h3H,4-6H2,1-2H3. The topological polar surface area (TPSA) is 48.4 Å². The summed E-state index contributed by atoms with van der Waals surface area (Å²) < 4.78 is 9.97. The van der Waals surface area contributed by atoms with E-state index >= 15 is 0 Å². The lowest BCUT2D eigenvalue weighted by Crippen LogP contribution is -2.08. The van der Waals surface area contributed by atoms with Crippen molar-refractivity contribution in [3.05, 3.63) is 21.7 Å². The first-order chi connectivity index (χ1) is 7.72. The molecule has 1 aliphatic heterocycles. The second-order valence-electron chi connectivity index (χ2n) is 3.46. The maximum Gasteiger partial charge on any atom is 0.358 e. The fourth-order valence-electron chi connectivity index (χ4n) is 1.61. The van der Waals surface area contributed by atoms with Gasteiger partial charge in [-0.1, -0.05) is 6.08 Å². The van der Waals surface area contributed by atoms with Gasteiger partial charge in [0, 0.05) is 0 Å². The van der Waals surface area contributed by atoms with Crippen LogP contribution in [0.15, 0.2) is 6.08 Å². The molecule has 0 radical (unpaired) electrons. The Labute approximate surface area is 97.9 Å². The Morgan fingerprint density at radius 3 is 3.06 bits per heavy atom. The molecule has 0 saturated carbocycles. The van der Waals surface area contributed by atoms with E-state index in [1.807, 2.05) is 13.0 Å². The number of hydrogen-bond acceptors (Lipinski definition) is 5. The Bertz CT molecular complexity index is 436. The molecule has 2 rings (SSSR count). The highest BCUT2D eigenvalue weighted by molar-refractivity contribution is 7.13. The van der Waals surface area contributed by atoms with Crippen molar-refractivity contribution in [3.63, 3.8) is 0 Å². The molecule has 0 spiro atoms. The monoisotopic (exact) mass is 239 g/mol. The van der Waals surface area contributed by atoms with Crippen LogP contribution in [0.5, 0.6) is 0 Å². The van der Waals surface area contributed by atoms with E-state index in [0.29, 0.717) is 18.9 Å². The van der Waals surface area contributed by atoms with Gasteiger partial charge in [0.15, 0.2) is 5.69 Å². The zero-order valence-corrected chi connectivity index (χ0v) is 10.1. The van der Waals surface area contributed by atoms with E-state index < -0.39 is 0 Å². The number of rotatable bonds is 2. The number of esters is 1. The minimum atomic E-state index is -0.369. The first kappa shape index (κ1) is 11.3. The summed E-state index contributed by atoms with van der Waals surface area (Å²) in [5, 5.41) is 0.878. The third-order valence-electron chi connectivity index (χ3n) is 2.37. The predicted octanol–water partition coefficient (Wildman–Crippen LogP) is 2.04. The van der Waals surface area contributed by atoms with Crippen LogP contribution in [0.1, 0.15) is 26.8 Å². The Kier molecular flexibility index (Phi) is 3.36. The van der Waals surface area contributed by atoms with Crippen LogP contribution >= 0.6 is 11.3 Å². The van der Waals surface area contributed by atoms with E-state index in [1.165, 1.54) is 18.4 Å². The predicted molar refractivity (Wildman–Crippen MR) is 61.6 cm³/mol. The zero-order chi connectivity index (χ0) is 11.5. The van der Waals surface area contributed by atoms with Crippen molar-refractivity contribution in [2.75, 3.05) is 20.3 Å². The summed E-state index contributed by atoms with van der Waals surface area (Å²) in [6.07, 6.45) is 2.83. The Morgan fingerprint density at radius 2 is 2.44 bits per heavy atom. The highest BCUT2D eigenvalue weighted by atomic mass is 32.1. The van der Waals surface area contributed by atoms with Crippen LogP contribution in [0.3, 0.4) is 0 Å². The summed E-state index contributed by atoms with van der Waals surface area (Å²) in [6, 6.07) is 0. The lowest BCUT2D eigenvalue weighted by atomic mass is 10.1. The van der Waals surface area contributed by atoms with Gasteiger partial charge in [0.2, 0.25) is 0 Å². The largest absolute Gasteiger partial charge is 0.464 e. The van der Waals surface area contributed by atoms with Crippen molar-refractivity contribution in [2.24, 2.45) is 0 Å². The number of ether oxygens (including phenoxy) is 2. The van der Waals surface area contributed by atoms with Gasteiger partial charge in [-0.25, -0.2) is 9.78 Å². The van der Waals surface area contributed by atoms with Gasteiger partial charge in [-0.15, -0.1) is 11.3 Å². The minimum Gasteiger partial charge on any atom is -0.464 e. The van der Waals surface area contributed by atoms with Gasteiger partial charge in [-0.05, 0) is 18.9 Å². The fourth-order valence-corrected chi connectivity index (χ4v) is 2.59. The number of methoxy groups -OCH3 is 1. The number of aromatic nitrogens is 1. The number of nitrogens with zero attached hydrogens (tertiary/aromatic N) is 1. The van der Waals surface area contributed by atoms with E-state index in [9.17, 15) is 4.79 Å². The molecule has 2 heterocycles. The fraction of sp³-hybridized carbons (Fsp3) is 0.455. The smallest absolute Gasteiger partial charge is 0.358 e. The van der Waals surface area contributed by atoms with Gasteiger partial charge in [0.05, 0.1) is 30.2 Å². The van der Waals surface area contributed by atoms with Crippen molar-refractivity contribution in [1.29, 1.82) is 0 Å². The van der Waals surface area contributed by atoms with Crippen LogP contribution in [0.2, 0.25) is 0 Å². The van der Waals surface area contributed by atoms with Gasteiger partial charge in [0.25, 0.3) is 0 Å². The molecule has 5 heteroatoms. The summed E-state index contributed by atoms with van der Waals surface area (Å²) in [5.74, 6) is -0.369. The first-order valence-electron chi connectivity index (χ1n) is 5.05. The summed E-state index contributed by atoms with van der Waals surface area (Å²) in [7, 11) is 1.37. The van der Waals surface area contributed by atoms with Gasteiger partial charge in [-0.3, -0.25) is 0 Å². The molecule has 0 saturated heterocycles. The number of carbonyl (C=O) groups is 1. The Hall–Kier alpha value is -1.20. The third kappa shape index (κ3) is 2.15. The average molecular weight is 239 g/mol. The van der Waals surface area contributed by atoms with E-state index in [-0.39, 0.29) is 5.97 Å². The van der Waals surface area contributed by atoms with Crippen LogP contribution in [-0.2, 0) is 9.47 Å². The molecule has 0 aromatic carbocycles. The average Bonchev–Trinajstić information content (AvgIpc) is 2.71. The molecule has 0 atom stereocenters. The van der Waals surface area contributed by atoms with Crippen LogP contribution in [-0.4, -0.2) is 31.3 Å². The second-order valence-corrected chi connectivity index (χ2v) is 4.66. The number of hydrogen-bond donors (Lipinski definition) is 0. The quantitative estimate of drug-likeness (QED) is 0.741. The summed E-state index contributed by atoms with van der Waals surface area (Å²) in [5.41, 5.74) is 1.57. The van der Waals surface area contributed by atoms with Gasteiger partial charge in [-0.2, -0.15) is 0 Å². The highest BCUT2D eigenvalue weighted by Gasteiger charge is 2.21. The number of carbonyl (C=O) groups excluding carboxylic acids is 1. The third-order valence-corrected chi connectivity index (χ3v) is 3.41. The maximum atomic E-state index is 11.6. The van der Waals surface area contributed by atoms with Gasteiger partial charge in [0.1, 0.15) is 0 Å². The zero-order valence-electron chi connectivity index (χ0n) is 9.28. The van der Waals surface area contributed by atoms with Crippen molar-refractivity contribution in [1.82, 2.24) is 4.98 Å². The molecule has 86 valence electrons. The normalized spacial score (nSPS) is 15.8. The van der Waals surface area contributed by atoms with E-state index in [0.717, 1.165) is 21.9 Å². The molecule has 1 aromatic heterocycles. The van der Waals surface area contributed by atoms with Crippen LogP contribution in [0.4, 0.5) is 0 Å². The van der Waals surface area contributed by atoms with Crippen LogP contribution in [0.25, 0.3) is 5.57 Å². The van der Waals surface area contributed by atoms with Crippen LogP contribution in [0, 0.1) is 6.92 Å². The SMILES string of the molecule is COC(=O)c1nc(C)sc1C1=CCOCC1.